The Labute approximate surface area is 168 Å². The summed E-state index contributed by atoms with van der Waals surface area (Å²) in [7, 11) is -0.531. The summed E-state index contributed by atoms with van der Waals surface area (Å²) in [6.07, 6.45) is 1.25. The fourth-order valence-electron chi connectivity index (χ4n) is 3.59. The summed E-state index contributed by atoms with van der Waals surface area (Å²) in [6, 6.07) is 6.93. The van der Waals surface area contributed by atoms with Crippen molar-refractivity contribution >= 4 is 27.3 Å². The second kappa shape index (κ2) is 7.03. The molecule has 0 bridgehead atoms. The molecule has 0 saturated heterocycles. The third-order valence-electron chi connectivity index (χ3n) is 4.79. The predicted octanol–water partition coefficient (Wildman–Crippen LogP) is 2.28. The van der Waals surface area contributed by atoms with Gasteiger partial charge < -0.3 is 24.3 Å². The third kappa shape index (κ3) is 3.63. The molecule has 4 rings (SSSR count). The van der Waals surface area contributed by atoms with E-state index in [-0.39, 0.29) is 30.7 Å². The summed E-state index contributed by atoms with van der Waals surface area (Å²) in [5.41, 5.74) is 2.36. The van der Waals surface area contributed by atoms with Gasteiger partial charge in [0.05, 0.1) is 26.2 Å². The lowest BCUT2D eigenvalue weighted by Gasteiger charge is -2.28. The van der Waals surface area contributed by atoms with E-state index in [0.29, 0.717) is 28.7 Å². The molecule has 2 aliphatic heterocycles. The summed E-state index contributed by atoms with van der Waals surface area (Å²) in [5, 5.41) is 2.80. The van der Waals surface area contributed by atoms with Gasteiger partial charge in [-0.1, -0.05) is 0 Å². The van der Waals surface area contributed by atoms with E-state index in [2.05, 4.69) is 10.0 Å². The fourth-order valence-corrected chi connectivity index (χ4v) is 4.14. The zero-order valence-corrected chi connectivity index (χ0v) is 16.9. The maximum atomic E-state index is 12.4. The van der Waals surface area contributed by atoms with Crippen molar-refractivity contribution in [2.45, 2.75) is 12.3 Å². The number of amides is 1. The van der Waals surface area contributed by atoms with Crippen molar-refractivity contribution in [1.82, 2.24) is 0 Å². The van der Waals surface area contributed by atoms with Crippen LogP contribution in [-0.2, 0) is 14.8 Å². The molecule has 2 N–H and O–H groups in total. The lowest BCUT2D eigenvalue weighted by atomic mass is 9.84. The Morgan fingerprint density at radius 3 is 2.55 bits per heavy atom. The molecule has 0 aromatic heterocycles. The Morgan fingerprint density at radius 1 is 1.10 bits per heavy atom. The molecule has 2 aromatic rings. The summed E-state index contributed by atoms with van der Waals surface area (Å²) in [4.78, 5) is 12.4. The second-order valence-electron chi connectivity index (χ2n) is 6.78. The normalized spacial score (nSPS) is 17.3. The van der Waals surface area contributed by atoms with Gasteiger partial charge in [0.25, 0.3) is 0 Å². The molecule has 2 aromatic carbocycles. The molecule has 2 heterocycles. The van der Waals surface area contributed by atoms with Gasteiger partial charge in [-0.15, -0.1) is 0 Å². The number of methoxy groups -OCH3 is 2. The molecular formula is C19H20N2O7S. The molecule has 1 atom stereocenters. The number of hydrogen-bond acceptors (Lipinski definition) is 7. The minimum Gasteiger partial charge on any atom is -0.495 e. The molecule has 10 heteroatoms. The van der Waals surface area contributed by atoms with Crippen LogP contribution in [0.4, 0.5) is 11.4 Å². The van der Waals surface area contributed by atoms with Gasteiger partial charge in [-0.2, -0.15) is 0 Å². The lowest BCUT2D eigenvalue weighted by molar-refractivity contribution is -0.116. The highest BCUT2D eigenvalue weighted by Gasteiger charge is 2.31. The first-order valence-electron chi connectivity index (χ1n) is 8.76. The van der Waals surface area contributed by atoms with Gasteiger partial charge in [-0.05, 0) is 35.4 Å². The number of sulfonamides is 1. The Morgan fingerprint density at radius 2 is 1.86 bits per heavy atom. The van der Waals surface area contributed by atoms with Gasteiger partial charge in [0.1, 0.15) is 5.75 Å². The smallest absolute Gasteiger partial charge is 0.231 e. The van der Waals surface area contributed by atoms with E-state index in [0.717, 1.165) is 17.4 Å². The average Bonchev–Trinajstić information content (AvgIpc) is 3.13. The number of anilines is 2. The number of ether oxygens (including phenoxy) is 4. The number of carbonyl (C=O) groups is 1. The lowest BCUT2D eigenvalue weighted by Crippen LogP contribution is -2.24. The first-order valence-corrected chi connectivity index (χ1v) is 10.7. The van der Waals surface area contributed by atoms with Gasteiger partial charge in [0.15, 0.2) is 11.5 Å². The van der Waals surface area contributed by atoms with E-state index in [4.69, 9.17) is 18.9 Å². The zero-order valence-electron chi connectivity index (χ0n) is 16.1. The quantitative estimate of drug-likeness (QED) is 0.763. The highest BCUT2D eigenvalue weighted by molar-refractivity contribution is 7.92. The molecule has 0 fully saturated rings. The van der Waals surface area contributed by atoms with Crippen LogP contribution in [0.5, 0.6) is 23.0 Å². The van der Waals surface area contributed by atoms with Crippen LogP contribution in [0.25, 0.3) is 0 Å². The maximum Gasteiger partial charge on any atom is 0.231 e. The molecule has 9 nitrogen and oxygen atoms in total. The van der Waals surface area contributed by atoms with Crippen molar-refractivity contribution in [3.63, 3.8) is 0 Å². The molecule has 0 saturated carbocycles. The zero-order chi connectivity index (χ0) is 20.8. The number of benzene rings is 2. The number of fused-ring (bicyclic) bond motifs is 2. The number of rotatable bonds is 5. The molecule has 154 valence electrons. The third-order valence-corrected chi connectivity index (χ3v) is 5.38. The molecule has 29 heavy (non-hydrogen) atoms. The average molecular weight is 420 g/mol. The van der Waals surface area contributed by atoms with Gasteiger partial charge >= 0.3 is 0 Å². The Balaban J connectivity index is 1.83. The van der Waals surface area contributed by atoms with Crippen LogP contribution >= 0.6 is 0 Å². The summed E-state index contributed by atoms with van der Waals surface area (Å²) < 4.78 is 47.5. The predicted molar refractivity (Wildman–Crippen MR) is 106 cm³/mol. The standard InChI is InChI=1S/C19H20N2O7S/c1-25-15-6-12-11(10-4-16(26-2)19-17(5-10)27-9-28-19)7-18(22)20-13(12)8-14(15)21-29(3,23)24/h4-6,8,11,21H,7,9H2,1-3H3,(H,20,22). The van der Waals surface area contributed by atoms with E-state index in [1.807, 2.05) is 12.1 Å². The van der Waals surface area contributed by atoms with Crippen LogP contribution in [0.1, 0.15) is 23.5 Å². The molecule has 0 spiro atoms. The first-order chi connectivity index (χ1) is 13.8. The Hall–Kier alpha value is -3.14. The van der Waals surface area contributed by atoms with Crippen molar-refractivity contribution < 1.29 is 32.2 Å². The van der Waals surface area contributed by atoms with E-state index in [9.17, 15) is 13.2 Å². The topological polar surface area (TPSA) is 112 Å². The number of carbonyl (C=O) groups excluding carboxylic acids is 1. The van der Waals surface area contributed by atoms with Crippen LogP contribution in [0, 0.1) is 0 Å². The number of nitrogens with one attached hydrogen (secondary N) is 2. The van der Waals surface area contributed by atoms with Crippen molar-refractivity contribution in [1.29, 1.82) is 0 Å². The molecule has 1 unspecified atom stereocenters. The van der Waals surface area contributed by atoms with Gasteiger partial charge in [-0.25, -0.2) is 8.42 Å². The molecular weight excluding hydrogens is 400 g/mol. The Kier molecular flexibility index (Phi) is 4.65. The minimum atomic E-state index is -3.52. The summed E-state index contributed by atoms with van der Waals surface area (Å²) in [6.45, 7) is 0.102. The summed E-state index contributed by atoms with van der Waals surface area (Å²) in [5.74, 6) is 1.46. The van der Waals surface area contributed by atoms with Crippen molar-refractivity contribution in [2.75, 3.05) is 37.3 Å². The van der Waals surface area contributed by atoms with Gasteiger partial charge in [-0.3, -0.25) is 9.52 Å². The van der Waals surface area contributed by atoms with E-state index < -0.39 is 10.0 Å². The molecule has 0 aliphatic carbocycles. The van der Waals surface area contributed by atoms with Crippen LogP contribution in [-0.4, -0.2) is 41.6 Å². The van der Waals surface area contributed by atoms with Gasteiger partial charge in [0, 0.05) is 18.0 Å². The summed E-state index contributed by atoms with van der Waals surface area (Å²) >= 11 is 0. The van der Waals surface area contributed by atoms with Crippen molar-refractivity contribution in [3.05, 3.63) is 35.4 Å². The first kappa shape index (κ1) is 19.2. The van der Waals surface area contributed by atoms with Crippen LogP contribution < -0.4 is 29.0 Å². The van der Waals surface area contributed by atoms with E-state index >= 15 is 0 Å². The second-order valence-corrected chi connectivity index (χ2v) is 8.52. The Bertz CT molecular complexity index is 1100. The van der Waals surface area contributed by atoms with E-state index in [1.165, 1.54) is 14.2 Å². The molecule has 0 radical (unpaired) electrons. The maximum absolute atomic E-state index is 12.4. The van der Waals surface area contributed by atoms with Crippen molar-refractivity contribution in [2.24, 2.45) is 0 Å². The molecule has 2 aliphatic rings. The molecule has 1 amide bonds. The van der Waals surface area contributed by atoms with E-state index in [1.54, 1.807) is 12.1 Å². The largest absolute Gasteiger partial charge is 0.495 e. The van der Waals surface area contributed by atoms with Crippen molar-refractivity contribution in [3.8, 4) is 23.0 Å². The van der Waals surface area contributed by atoms with Crippen LogP contribution in [0.15, 0.2) is 24.3 Å². The van der Waals surface area contributed by atoms with Crippen LogP contribution in [0.2, 0.25) is 0 Å². The highest BCUT2D eigenvalue weighted by atomic mass is 32.2. The SMILES string of the molecule is COc1cc2c(cc1NS(C)(=O)=O)NC(=O)CC2c1cc(OC)c2c(c1)OCO2. The fraction of sp³-hybridized carbons (Fsp3) is 0.316. The minimum absolute atomic E-state index is 0.102. The van der Waals surface area contributed by atoms with Crippen LogP contribution in [0.3, 0.4) is 0 Å². The number of hydrogen-bond donors (Lipinski definition) is 2. The monoisotopic (exact) mass is 420 g/mol. The highest BCUT2D eigenvalue weighted by Crippen LogP contribution is 2.48. The van der Waals surface area contributed by atoms with Gasteiger partial charge in [0.2, 0.25) is 28.5 Å².